The number of esters is 1. The Kier molecular flexibility index (Phi) is 4.80. The Morgan fingerprint density at radius 2 is 2.16 bits per heavy atom. The zero-order chi connectivity index (χ0) is 14.6. The summed E-state index contributed by atoms with van der Waals surface area (Å²) in [7, 11) is 1.08. The van der Waals surface area contributed by atoms with Crippen molar-refractivity contribution < 1.29 is 22.7 Å². The van der Waals surface area contributed by atoms with Crippen LogP contribution in [0.4, 0.5) is 13.2 Å². The molecule has 0 saturated carbocycles. The minimum Gasteiger partial charge on any atom is -0.465 e. The van der Waals surface area contributed by atoms with Gasteiger partial charge >= 0.3 is 11.5 Å². The molecule has 0 bridgehead atoms. The quantitative estimate of drug-likeness (QED) is 0.683. The number of nitriles is 1. The van der Waals surface area contributed by atoms with E-state index in [1.807, 2.05) is 0 Å². The molecule has 0 fully saturated rings. The first-order valence-corrected chi connectivity index (χ1v) is 5.75. The van der Waals surface area contributed by atoms with Crippen molar-refractivity contribution >= 4 is 17.7 Å². The average Bonchev–Trinajstić information content (AvgIpc) is 2.35. The average molecular weight is 290 g/mol. The van der Waals surface area contributed by atoms with Gasteiger partial charge in [0.2, 0.25) is 0 Å². The number of hydrogen-bond donors (Lipinski definition) is 1. The molecule has 0 unspecified atom stereocenters. The maximum Gasteiger partial charge on any atom is 0.446 e. The lowest BCUT2D eigenvalue weighted by atomic mass is 10.0. The number of carbonyl (C=O) groups excluding carboxylic acids is 1. The van der Waals surface area contributed by atoms with E-state index in [2.05, 4.69) is 4.74 Å². The third-order valence-corrected chi connectivity index (χ3v) is 3.04. The highest BCUT2D eigenvalue weighted by atomic mass is 32.2. The molecule has 102 valence electrons. The summed E-state index contributed by atoms with van der Waals surface area (Å²) in [6.07, 6.45) is 0. The van der Waals surface area contributed by atoms with Crippen molar-refractivity contribution in [1.82, 2.24) is 0 Å². The minimum absolute atomic E-state index is 0.0479. The van der Waals surface area contributed by atoms with Gasteiger partial charge < -0.3 is 10.5 Å². The summed E-state index contributed by atoms with van der Waals surface area (Å²) in [6, 6.07) is 3.98. The van der Waals surface area contributed by atoms with Gasteiger partial charge in [-0.25, -0.2) is 4.79 Å². The number of rotatable bonds is 3. The summed E-state index contributed by atoms with van der Waals surface area (Å²) in [4.78, 5) is 11.4. The number of carbonyl (C=O) groups is 1. The second-order valence-electron chi connectivity index (χ2n) is 3.32. The molecule has 2 N–H and O–H groups in total. The van der Waals surface area contributed by atoms with Crippen molar-refractivity contribution in [3.63, 3.8) is 0 Å². The summed E-state index contributed by atoms with van der Waals surface area (Å²) >= 11 is -0.384. The van der Waals surface area contributed by atoms with Crippen LogP contribution in [0.25, 0.3) is 0 Å². The topological polar surface area (TPSA) is 76.1 Å². The minimum atomic E-state index is -4.51. The molecule has 0 aliphatic rings. The van der Waals surface area contributed by atoms with Crippen LogP contribution in [0.5, 0.6) is 0 Å². The molecular formula is C11H9F3N2O2S. The largest absolute Gasteiger partial charge is 0.465 e. The van der Waals surface area contributed by atoms with Gasteiger partial charge in [0.15, 0.2) is 0 Å². The van der Waals surface area contributed by atoms with Crippen LogP contribution in [0.1, 0.15) is 21.5 Å². The molecule has 19 heavy (non-hydrogen) atoms. The molecule has 0 spiro atoms. The SMILES string of the molecule is COC(=O)c1c(C#N)ccc(SC(F)(F)F)c1CN. The molecular weight excluding hydrogens is 281 g/mol. The highest BCUT2D eigenvalue weighted by Gasteiger charge is 2.32. The van der Waals surface area contributed by atoms with Gasteiger partial charge in [0.25, 0.3) is 0 Å². The molecule has 0 aliphatic carbocycles. The molecule has 0 radical (unpaired) electrons. The summed E-state index contributed by atoms with van der Waals surface area (Å²) in [5.74, 6) is -0.887. The second kappa shape index (κ2) is 5.95. The molecule has 0 amide bonds. The highest BCUT2D eigenvalue weighted by Crippen LogP contribution is 2.40. The smallest absolute Gasteiger partial charge is 0.446 e. The molecule has 1 aromatic carbocycles. The summed E-state index contributed by atoms with van der Waals surface area (Å²) < 4.78 is 41.7. The zero-order valence-electron chi connectivity index (χ0n) is 9.75. The number of ether oxygens (including phenoxy) is 1. The van der Waals surface area contributed by atoms with E-state index in [9.17, 15) is 18.0 Å². The lowest BCUT2D eigenvalue weighted by molar-refractivity contribution is -0.0328. The van der Waals surface area contributed by atoms with E-state index in [4.69, 9.17) is 11.0 Å². The highest BCUT2D eigenvalue weighted by molar-refractivity contribution is 8.00. The van der Waals surface area contributed by atoms with Gasteiger partial charge in [-0.1, -0.05) is 0 Å². The fourth-order valence-corrected chi connectivity index (χ4v) is 2.17. The predicted octanol–water partition coefficient (Wildman–Crippen LogP) is 2.42. The molecule has 4 nitrogen and oxygen atoms in total. The number of benzene rings is 1. The molecule has 1 rings (SSSR count). The van der Waals surface area contributed by atoms with Crippen molar-refractivity contribution in [2.45, 2.75) is 16.9 Å². The molecule has 0 saturated heterocycles. The summed E-state index contributed by atoms with van der Waals surface area (Å²) in [5, 5.41) is 8.88. The van der Waals surface area contributed by atoms with Crippen molar-refractivity contribution in [2.24, 2.45) is 5.73 Å². The van der Waals surface area contributed by atoms with Crippen LogP contribution in [-0.2, 0) is 11.3 Å². The van der Waals surface area contributed by atoms with E-state index in [0.717, 1.165) is 19.2 Å². The molecule has 0 atom stereocenters. The molecule has 8 heteroatoms. The van der Waals surface area contributed by atoms with Crippen molar-refractivity contribution in [3.8, 4) is 6.07 Å². The summed E-state index contributed by atoms with van der Waals surface area (Å²) in [5.41, 5.74) is 0.541. The lowest BCUT2D eigenvalue weighted by Gasteiger charge is -2.14. The van der Waals surface area contributed by atoms with Crippen LogP contribution in [-0.4, -0.2) is 18.6 Å². The Bertz CT molecular complexity index is 538. The third kappa shape index (κ3) is 3.62. The maximum absolute atomic E-state index is 12.4. The Labute approximate surface area is 111 Å². The standard InChI is InChI=1S/C11H9F3N2O2S/c1-18-10(17)9-6(4-15)2-3-8(7(9)5-16)19-11(12,13)14/h2-3H,5,16H2,1H3. The molecule has 0 aliphatic heterocycles. The Hall–Kier alpha value is -1.72. The number of nitrogens with zero attached hydrogens (tertiary/aromatic N) is 1. The van der Waals surface area contributed by atoms with Crippen LogP contribution in [0.2, 0.25) is 0 Å². The van der Waals surface area contributed by atoms with Crippen LogP contribution < -0.4 is 5.73 Å². The van der Waals surface area contributed by atoms with E-state index in [-0.39, 0.29) is 39.9 Å². The van der Waals surface area contributed by atoms with E-state index < -0.39 is 11.5 Å². The summed E-state index contributed by atoms with van der Waals surface area (Å²) in [6.45, 7) is -0.307. The van der Waals surface area contributed by atoms with E-state index in [0.29, 0.717) is 0 Å². The van der Waals surface area contributed by atoms with Crippen molar-refractivity contribution in [1.29, 1.82) is 5.26 Å². The first-order valence-electron chi connectivity index (χ1n) is 4.94. The molecule has 1 aromatic rings. The van der Waals surface area contributed by atoms with Gasteiger partial charge in [-0.3, -0.25) is 0 Å². The Morgan fingerprint density at radius 1 is 1.53 bits per heavy atom. The fraction of sp³-hybridized carbons (Fsp3) is 0.273. The van der Waals surface area contributed by atoms with Gasteiger partial charge in [-0.2, -0.15) is 18.4 Å². The lowest BCUT2D eigenvalue weighted by Crippen LogP contribution is -2.14. The Balaban J connectivity index is 3.45. The maximum atomic E-state index is 12.4. The van der Waals surface area contributed by atoms with Crippen LogP contribution in [0.3, 0.4) is 0 Å². The van der Waals surface area contributed by atoms with Gasteiger partial charge in [0.1, 0.15) is 6.07 Å². The normalized spacial score (nSPS) is 10.9. The number of halogens is 3. The van der Waals surface area contributed by atoms with E-state index in [1.54, 1.807) is 6.07 Å². The van der Waals surface area contributed by atoms with Crippen LogP contribution >= 0.6 is 11.8 Å². The van der Waals surface area contributed by atoms with Crippen LogP contribution in [0.15, 0.2) is 17.0 Å². The predicted molar refractivity (Wildman–Crippen MR) is 62.3 cm³/mol. The number of methoxy groups -OCH3 is 1. The van der Waals surface area contributed by atoms with Crippen LogP contribution in [0, 0.1) is 11.3 Å². The number of thioether (sulfide) groups is 1. The van der Waals surface area contributed by atoms with Gasteiger partial charge in [0.05, 0.1) is 18.2 Å². The number of nitrogens with two attached hydrogens (primary N) is 1. The van der Waals surface area contributed by atoms with Crippen molar-refractivity contribution in [3.05, 3.63) is 28.8 Å². The molecule has 0 heterocycles. The van der Waals surface area contributed by atoms with E-state index >= 15 is 0 Å². The first-order chi connectivity index (χ1) is 8.84. The van der Waals surface area contributed by atoms with Crippen molar-refractivity contribution in [2.75, 3.05) is 7.11 Å². The van der Waals surface area contributed by atoms with Gasteiger partial charge in [-0.15, -0.1) is 0 Å². The zero-order valence-corrected chi connectivity index (χ0v) is 10.6. The number of hydrogen-bond acceptors (Lipinski definition) is 5. The second-order valence-corrected chi connectivity index (χ2v) is 4.43. The van der Waals surface area contributed by atoms with Gasteiger partial charge in [-0.05, 0) is 29.5 Å². The molecule has 0 aromatic heterocycles. The monoisotopic (exact) mass is 290 g/mol. The van der Waals surface area contributed by atoms with E-state index in [1.165, 1.54) is 0 Å². The number of alkyl halides is 3. The third-order valence-electron chi connectivity index (χ3n) is 2.21. The fourth-order valence-electron chi connectivity index (χ4n) is 1.48. The first kappa shape index (κ1) is 15.3. The van der Waals surface area contributed by atoms with Gasteiger partial charge in [0, 0.05) is 11.4 Å². The Morgan fingerprint density at radius 3 is 2.58 bits per heavy atom.